The average Bonchev–Trinajstić information content (AvgIpc) is 2.38. The molecule has 0 heterocycles. The molecule has 0 fully saturated rings. The molecule has 2 rings (SSSR count). The molecule has 2 N–H and O–H groups in total. The van der Waals surface area contributed by atoms with Gasteiger partial charge in [0, 0.05) is 0 Å². The highest BCUT2D eigenvalue weighted by molar-refractivity contribution is 5.38. The van der Waals surface area contributed by atoms with Crippen molar-refractivity contribution in [1.82, 2.24) is 0 Å². The Bertz CT molecular complexity index is 477. The lowest BCUT2D eigenvalue weighted by molar-refractivity contribution is 0.280. The van der Waals surface area contributed by atoms with E-state index in [4.69, 9.17) is 9.84 Å². The van der Waals surface area contributed by atoms with Crippen molar-refractivity contribution in [2.45, 2.75) is 13.2 Å². The Labute approximate surface area is 99.9 Å². The van der Waals surface area contributed by atoms with E-state index in [0.717, 1.165) is 11.1 Å². The van der Waals surface area contributed by atoms with Gasteiger partial charge < -0.3 is 14.9 Å². The van der Waals surface area contributed by atoms with Crippen LogP contribution >= 0.6 is 0 Å². The number of aromatic hydroxyl groups is 1. The van der Waals surface area contributed by atoms with Gasteiger partial charge in [-0.05, 0) is 23.3 Å². The van der Waals surface area contributed by atoms with E-state index in [2.05, 4.69) is 0 Å². The van der Waals surface area contributed by atoms with Crippen LogP contribution in [0.4, 0.5) is 0 Å². The molecule has 0 saturated heterocycles. The Morgan fingerprint density at radius 3 is 2.18 bits per heavy atom. The Hall–Kier alpha value is -2.00. The summed E-state index contributed by atoms with van der Waals surface area (Å²) in [6.45, 7) is 0.434. The fraction of sp³-hybridized carbons (Fsp3) is 0.143. The van der Waals surface area contributed by atoms with Crippen LogP contribution < -0.4 is 4.74 Å². The van der Waals surface area contributed by atoms with Crippen LogP contribution in [0.3, 0.4) is 0 Å². The molecule has 0 aliphatic carbocycles. The van der Waals surface area contributed by atoms with Crippen LogP contribution in [0.25, 0.3) is 0 Å². The number of phenols is 1. The number of phenolic OH excluding ortho intramolecular Hbond substituents is 1. The maximum absolute atomic E-state index is 9.51. The molecule has 0 amide bonds. The zero-order valence-corrected chi connectivity index (χ0v) is 9.34. The second-order valence-corrected chi connectivity index (χ2v) is 3.73. The lowest BCUT2D eigenvalue weighted by Crippen LogP contribution is -1.96. The van der Waals surface area contributed by atoms with E-state index in [1.165, 1.54) is 0 Å². The van der Waals surface area contributed by atoms with E-state index in [1.807, 2.05) is 30.3 Å². The Morgan fingerprint density at radius 2 is 1.53 bits per heavy atom. The van der Waals surface area contributed by atoms with Gasteiger partial charge in [-0.3, -0.25) is 0 Å². The van der Waals surface area contributed by atoms with Gasteiger partial charge in [-0.1, -0.05) is 36.4 Å². The molecule has 0 aliphatic rings. The number of ether oxygens (including phenoxy) is 1. The number of para-hydroxylation sites is 2. The molecule has 0 aromatic heterocycles. The summed E-state index contributed by atoms with van der Waals surface area (Å²) in [7, 11) is 0. The number of aliphatic hydroxyl groups excluding tert-OH is 1. The van der Waals surface area contributed by atoms with E-state index < -0.39 is 0 Å². The van der Waals surface area contributed by atoms with Crippen LogP contribution in [0, 0.1) is 0 Å². The third-order valence-corrected chi connectivity index (χ3v) is 2.47. The number of rotatable bonds is 4. The number of hydrogen-bond donors (Lipinski definition) is 2. The minimum absolute atomic E-state index is 0.0423. The zero-order valence-electron chi connectivity index (χ0n) is 9.34. The van der Waals surface area contributed by atoms with E-state index in [9.17, 15) is 5.11 Å². The SMILES string of the molecule is OCc1ccc(COc2ccccc2O)cc1. The van der Waals surface area contributed by atoms with Crippen molar-refractivity contribution in [1.29, 1.82) is 0 Å². The maximum atomic E-state index is 9.51. The highest BCUT2D eigenvalue weighted by Crippen LogP contribution is 2.25. The summed E-state index contributed by atoms with van der Waals surface area (Å²) in [6.07, 6.45) is 0. The first-order valence-electron chi connectivity index (χ1n) is 5.39. The molecule has 0 radical (unpaired) electrons. The fourth-order valence-corrected chi connectivity index (χ4v) is 1.48. The fourth-order valence-electron chi connectivity index (χ4n) is 1.48. The lowest BCUT2D eigenvalue weighted by atomic mass is 10.1. The van der Waals surface area contributed by atoms with Crippen molar-refractivity contribution >= 4 is 0 Å². The zero-order chi connectivity index (χ0) is 12.1. The predicted octanol–water partition coefficient (Wildman–Crippen LogP) is 2.46. The number of aliphatic hydroxyl groups is 1. The predicted molar refractivity (Wildman–Crippen MR) is 64.8 cm³/mol. The monoisotopic (exact) mass is 230 g/mol. The molecule has 0 spiro atoms. The van der Waals surface area contributed by atoms with Gasteiger partial charge in [-0.2, -0.15) is 0 Å². The molecule has 3 heteroatoms. The normalized spacial score (nSPS) is 10.2. The minimum Gasteiger partial charge on any atom is -0.504 e. The lowest BCUT2D eigenvalue weighted by Gasteiger charge is -2.08. The summed E-state index contributed by atoms with van der Waals surface area (Å²) in [4.78, 5) is 0. The smallest absolute Gasteiger partial charge is 0.161 e. The van der Waals surface area contributed by atoms with Gasteiger partial charge in [-0.15, -0.1) is 0 Å². The summed E-state index contributed by atoms with van der Waals surface area (Å²) in [5, 5.41) is 18.4. The largest absolute Gasteiger partial charge is 0.504 e. The molecule has 0 atom stereocenters. The third kappa shape index (κ3) is 2.98. The van der Waals surface area contributed by atoms with E-state index in [-0.39, 0.29) is 12.4 Å². The minimum atomic E-state index is 0.0423. The van der Waals surface area contributed by atoms with Gasteiger partial charge in [0.05, 0.1) is 6.61 Å². The van der Waals surface area contributed by atoms with Crippen molar-refractivity contribution in [2.24, 2.45) is 0 Å². The molecular weight excluding hydrogens is 216 g/mol. The summed E-state index contributed by atoms with van der Waals surface area (Å²) in [5.41, 5.74) is 1.86. The molecule has 2 aromatic rings. The van der Waals surface area contributed by atoms with Gasteiger partial charge in [0.15, 0.2) is 11.5 Å². The molecule has 0 unspecified atom stereocenters. The number of hydrogen-bond acceptors (Lipinski definition) is 3. The van der Waals surface area contributed by atoms with Gasteiger partial charge in [0.1, 0.15) is 6.61 Å². The Kier molecular flexibility index (Phi) is 3.62. The molecule has 88 valence electrons. The summed E-state index contributed by atoms with van der Waals surface area (Å²) >= 11 is 0. The van der Waals surface area contributed by atoms with Crippen LogP contribution in [0.15, 0.2) is 48.5 Å². The van der Waals surface area contributed by atoms with Crippen molar-refractivity contribution in [3.63, 3.8) is 0 Å². The van der Waals surface area contributed by atoms with Crippen LogP contribution in [-0.4, -0.2) is 10.2 Å². The van der Waals surface area contributed by atoms with Crippen molar-refractivity contribution < 1.29 is 14.9 Å². The topological polar surface area (TPSA) is 49.7 Å². The number of benzene rings is 2. The van der Waals surface area contributed by atoms with E-state index in [0.29, 0.717) is 12.4 Å². The summed E-state index contributed by atoms with van der Waals surface area (Å²) in [6, 6.07) is 14.4. The Morgan fingerprint density at radius 1 is 0.882 bits per heavy atom. The van der Waals surface area contributed by atoms with Crippen LogP contribution in [0.2, 0.25) is 0 Å². The van der Waals surface area contributed by atoms with Gasteiger partial charge >= 0.3 is 0 Å². The van der Waals surface area contributed by atoms with Crippen LogP contribution in [0.1, 0.15) is 11.1 Å². The first-order valence-corrected chi connectivity index (χ1v) is 5.39. The second-order valence-electron chi connectivity index (χ2n) is 3.73. The third-order valence-electron chi connectivity index (χ3n) is 2.47. The van der Waals surface area contributed by atoms with Gasteiger partial charge in [-0.25, -0.2) is 0 Å². The molecule has 0 aliphatic heterocycles. The average molecular weight is 230 g/mol. The Balaban J connectivity index is 2.00. The van der Waals surface area contributed by atoms with E-state index in [1.54, 1.807) is 18.2 Å². The molecule has 3 nitrogen and oxygen atoms in total. The summed E-state index contributed by atoms with van der Waals surface area (Å²) in [5.74, 6) is 0.609. The highest BCUT2D eigenvalue weighted by atomic mass is 16.5. The standard InChI is InChI=1S/C14H14O3/c15-9-11-5-7-12(8-6-11)10-17-14-4-2-1-3-13(14)16/h1-8,15-16H,9-10H2. The second kappa shape index (κ2) is 5.37. The van der Waals surface area contributed by atoms with Crippen LogP contribution in [0.5, 0.6) is 11.5 Å². The van der Waals surface area contributed by atoms with Gasteiger partial charge in [0.25, 0.3) is 0 Å². The maximum Gasteiger partial charge on any atom is 0.161 e. The first-order chi connectivity index (χ1) is 8.29. The highest BCUT2D eigenvalue weighted by Gasteiger charge is 2.00. The molecule has 0 bridgehead atoms. The van der Waals surface area contributed by atoms with Crippen molar-refractivity contribution in [3.8, 4) is 11.5 Å². The van der Waals surface area contributed by atoms with Gasteiger partial charge in [0.2, 0.25) is 0 Å². The van der Waals surface area contributed by atoms with E-state index >= 15 is 0 Å². The molecular formula is C14H14O3. The van der Waals surface area contributed by atoms with Crippen LogP contribution in [-0.2, 0) is 13.2 Å². The van der Waals surface area contributed by atoms with Crippen molar-refractivity contribution in [3.05, 3.63) is 59.7 Å². The first kappa shape index (κ1) is 11.5. The summed E-state index contributed by atoms with van der Waals surface area (Å²) < 4.78 is 5.48. The quantitative estimate of drug-likeness (QED) is 0.848. The van der Waals surface area contributed by atoms with Crippen molar-refractivity contribution in [2.75, 3.05) is 0 Å². The molecule has 17 heavy (non-hydrogen) atoms. The molecule has 2 aromatic carbocycles. The molecule has 0 saturated carbocycles.